The molecule has 1 aromatic heterocycles. The van der Waals surface area contributed by atoms with Crippen LogP contribution in [0.2, 0.25) is 0 Å². The van der Waals surface area contributed by atoms with Gasteiger partial charge in [-0.15, -0.1) is 0 Å². The summed E-state index contributed by atoms with van der Waals surface area (Å²) in [7, 11) is 4.17. The lowest BCUT2D eigenvalue weighted by Gasteiger charge is -2.68. The van der Waals surface area contributed by atoms with E-state index in [0.717, 1.165) is 48.6 Å². The molecule has 8 nitrogen and oxygen atoms in total. The molecule has 0 saturated heterocycles. The molecule has 39 heavy (non-hydrogen) atoms. The minimum absolute atomic E-state index is 0.0250. The molecule has 4 aliphatic carbocycles. The predicted molar refractivity (Wildman–Crippen MR) is 151 cm³/mol. The van der Waals surface area contributed by atoms with Crippen molar-refractivity contribution in [2.45, 2.75) is 70.4 Å². The number of benzene rings is 1. The molecule has 1 aromatic carbocycles. The molecule has 2 amide bonds. The third-order valence-electron chi connectivity index (χ3n) is 10.2. The number of amides is 2. The van der Waals surface area contributed by atoms with Gasteiger partial charge in [-0.05, 0) is 68.9 Å². The van der Waals surface area contributed by atoms with Crippen molar-refractivity contribution in [1.82, 2.24) is 4.98 Å². The normalized spacial score (nSPS) is 31.5. The highest BCUT2D eigenvalue weighted by Crippen LogP contribution is 2.66. The first-order valence-corrected chi connectivity index (χ1v) is 14.7. The number of fused-ring (bicyclic) bond motifs is 1. The quantitative estimate of drug-likeness (QED) is 0.401. The molecular formula is C31H45N4O4+. The van der Waals surface area contributed by atoms with Gasteiger partial charge in [-0.25, -0.2) is 4.98 Å². The Morgan fingerprint density at radius 3 is 2.56 bits per heavy atom. The van der Waals surface area contributed by atoms with E-state index in [2.05, 4.69) is 33.2 Å². The molecular weight excluding hydrogens is 492 g/mol. The van der Waals surface area contributed by atoms with E-state index in [-0.39, 0.29) is 35.7 Å². The van der Waals surface area contributed by atoms with Crippen LogP contribution < -0.4 is 16.2 Å². The van der Waals surface area contributed by atoms with E-state index in [1.807, 2.05) is 25.1 Å². The number of carbonyl (C=O) groups is 2. The molecule has 2 aromatic rings. The fourth-order valence-electron chi connectivity index (χ4n) is 8.66. The molecule has 0 spiro atoms. The summed E-state index contributed by atoms with van der Waals surface area (Å²) in [6.07, 6.45) is 5.73. The first kappa shape index (κ1) is 27.8. The van der Waals surface area contributed by atoms with Gasteiger partial charge in [0.15, 0.2) is 5.54 Å². The van der Waals surface area contributed by atoms with Crippen molar-refractivity contribution in [2.75, 3.05) is 33.9 Å². The van der Waals surface area contributed by atoms with E-state index < -0.39 is 11.0 Å². The molecule has 4 saturated carbocycles. The van der Waals surface area contributed by atoms with Gasteiger partial charge in [0.25, 0.3) is 5.91 Å². The Labute approximate surface area is 232 Å². The molecule has 6 rings (SSSR count). The lowest BCUT2D eigenvalue weighted by molar-refractivity contribution is -0.944. The van der Waals surface area contributed by atoms with Crippen LogP contribution in [0.5, 0.6) is 5.88 Å². The smallest absolute Gasteiger partial charge is 0.279 e. The van der Waals surface area contributed by atoms with Gasteiger partial charge in [0.1, 0.15) is 13.2 Å². The Morgan fingerprint density at radius 2 is 1.87 bits per heavy atom. The molecule has 0 aliphatic heterocycles. The average Bonchev–Trinajstić information content (AvgIpc) is 2.89. The number of nitrogens with two attached hydrogens (primary N) is 2. The number of primary amides is 2. The number of carbonyl (C=O) groups excluding carboxylic acids is 2. The summed E-state index contributed by atoms with van der Waals surface area (Å²) in [5, 5.41) is 2.11. The molecule has 8 heteroatoms. The zero-order valence-corrected chi connectivity index (χ0v) is 23.9. The molecule has 6 atom stereocenters. The van der Waals surface area contributed by atoms with Gasteiger partial charge < -0.3 is 25.4 Å². The number of aryl methyl sites for hydroxylation is 1. The van der Waals surface area contributed by atoms with Crippen molar-refractivity contribution in [3.8, 4) is 5.88 Å². The molecule has 4 bridgehead atoms. The third kappa shape index (κ3) is 4.40. The highest BCUT2D eigenvalue weighted by atomic mass is 16.5. The topological polar surface area (TPSA) is 118 Å². The minimum Gasteiger partial charge on any atom is -0.471 e. The van der Waals surface area contributed by atoms with Crippen molar-refractivity contribution in [1.29, 1.82) is 0 Å². The van der Waals surface area contributed by atoms with Crippen LogP contribution >= 0.6 is 0 Å². The Balaban J connectivity index is 1.44. The number of nitrogens with zero attached hydrogens (tertiary/aromatic N) is 2. The number of hydrogen-bond acceptors (Lipinski definition) is 5. The van der Waals surface area contributed by atoms with Crippen molar-refractivity contribution < 1.29 is 23.5 Å². The van der Waals surface area contributed by atoms with Crippen LogP contribution in [0, 0.1) is 23.2 Å². The van der Waals surface area contributed by atoms with Gasteiger partial charge >= 0.3 is 0 Å². The van der Waals surface area contributed by atoms with Gasteiger partial charge in [0.05, 0.1) is 31.5 Å². The number of hydrogen-bond donors (Lipinski definition) is 2. The van der Waals surface area contributed by atoms with Gasteiger partial charge in [0.2, 0.25) is 11.8 Å². The van der Waals surface area contributed by atoms with Crippen LogP contribution in [-0.4, -0.2) is 66.8 Å². The summed E-state index contributed by atoms with van der Waals surface area (Å²) in [5.74, 6) is 0.112. The average molecular weight is 538 g/mol. The molecule has 6 unspecified atom stereocenters. The van der Waals surface area contributed by atoms with Crippen LogP contribution in [0.4, 0.5) is 0 Å². The monoisotopic (exact) mass is 537 g/mol. The second-order valence-corrected chi connectivity index (χ2v) is 12.7. The number of rotatable bonds is 12. The Kier molecular flexibility index (Phi) is 7.40. The zero-order valence-electron chi connectivity index (χ0n) is 23.9. The van der Waals surface area contributed by atoms with Crippen molar-refractivity contribution >= 4 is 22.6 Å². The Hall–Kier alpha value is -2.71. The summed E-state index contributed by atoms with van der Waals surface area (Å²) in [5.41, 5.74) is 12.0. The number of quaternary nitrogens is 1. The number of pyridine rings is 1. The molecule has 1 heterocycles. The largest absolute Gasteiger partial charge is 0.471 e. The summed E-state index contributed by atoms with van der Waals surface area (Å²) in [6, 6.07) is 10.3. The third-order valence-corrected chi connectivity index (χ3v) is 10.2. The van der Waals surface area contributed by atoms with Crippen LogP contribution in [0.3, 0.4) is 0 Å². The summed E-state index contributed by atoms with van der Waals surface area (Å²) >= 11 is 0. The van der Waals surface area contributed by atoms with Crippen LogP contribution in [-0.2, 0) is 20.7 Å². The van der Waals surface area contributed by atoms with Gasteiger partial charge in [-0.3, -0.25) is 9.59 Å². The predicted octanol–water partition coefficient (Wildman–Crippen LogP) is 3.58. The maximum Gasteiger partial charge on any atom is 0.279 e. The summed E-state index contributed by atoms with van der Waals surface area (Å²) in [6.45, 7) is 5.68. The highest BCUT2D eigenvalue weighted by molar-refractivity contribution is 5.88. The maximum absolute atomic E-state index is 13.6. The fraction of sp³-hybridized carbons (Fsp3) is 0.645. The first-order valence-electron chi connectivity index (χ1n) is 14.7. The second kappa shape index (κ2) is 10.4. The zero-order chi connectivity index (χ0) is 28.0. The van der Waals surface area contributed by atoms with Crippen LogP contribution in [0.15, 0.2) is 30.3 Å². The van der Waals surface area contributed by atoms with E-state index in [4.69, 9.17) is 25.9 Å². The second-order valence-electron chi connectivity index (χ2n) is 12.7. The molecule has 0 radical (unpaired) electrons. The molecule has 4 N–H and O–H groups in total. The summed E-state index contributed by atoms with van der Waals surface area (Å²) in [4.78, 5) is 31.2. The fourth-order valence-corrected chi connectivity index (χ4v) is 8.66. The van der Waals surface area contributed by atoms with Gasteiger partial charge in [-0.2, -0.15) is 0 Å². The lowest BCUT2D eigenvalue weighted by atomic mass is 9.41. The summed E-state index contributed by atoms with van der Waals surface area (Å²) < 4.78 is 13.1. The first-order chi connectivity index (χ1) is 18.6. The van der Waals surface area contributed by atoms with Crippen molar-refractivity contribution in [3.63, 3.8) is 0 Å². The Bertz CT molecular complexity index is 1250. The van der Waals surface area contributed by atoms with E-state index >= 15 is 0 Å². The molecule has 212 valence electrons. The highest BCUT2D eigenvalue weighted by Gasteiger charge is 2.75. The number of likely N-dealkylation sites (N-methyl/N-ethyl adjacent to an activating group) is 1. The maximum atomic E-state index is 13.6. The number of unbranched alkanes of at least 4 members (excludes halogenated alkanes) is 1. The van der Waals surface area contributed by atoms with Crippen molar-refractivity contribution in [3.05, 3.63) is 36.0 Å². The van der Waals surface area contributed by atoms with Gasteiger partial charge in [0, 0.05) is 23.6 Å². The Morgan fingerprint density at radius 1 is 1.10 bits per heavy atom. The van der Waals surface area contributed by atoms with E-state index in [1.165, 1.54) is 0 Å². The SMILES string of the molecule is CCCCc1cc2ccccc2c(OCC[N+](C)(C)C2(C(N)=O)C3CC4CC(C(N)=O)(C3)CC2C4OCC)n1. The van der Waals surface area contributed by atoms with Crippen molar-refractivity contribution in [2.24, 2.45) is 34.6 Å². The van der Waals surface area contributed by atoms with E-state index in [1.54, 1.807) is 0 Å². The van der Waals surface area contributed by atoms with E-state index in [9.17, 15) is 9.59 Å². The number of aromatic nitrogens is 1. The number of ether oxygens (including phenoxy) is 2. The standard InChI is InChI=1S/C31H44N4O4/c1-5-7-11-23-16-20-10-8-9-12-24(20)27(34-23)39-14-13-35(3,4)31(29(33)37)22-15-21-17-30(18-22,28(32)36)19-25(31)26(21)38-6-2/h8-10,12,16,21-22,25-26H,5-7,11,13-15,17-19H2,1-4H3,(H3-,32,33,36,37)/p+1. The van der Waals surface area contributed by atoms with E-state index in [0.29, 0.717) is 43.0 Å². The molecule has 4 aliphatic rings. The lowest BCUT2D eigenvalue weighted by Crippen LogP contribution is -2.82. The minimum atomic E-state index is -0.864. The van der Waals surface area contributed by atoms with Crippen LogP contribution in [0.25, 0.3) is 10.8 Å². The van der Waals surface area contributed by atoms with Gasteiger partial charge in [-0.1, -0.05) is 31.5 Å². The van der Waals surface area contributed by atoms with Crippen LogP contribution in [0.1, 0.15) is 58.1 Å². The molecule has 4 fully saturated rings.